The van der Waals surface area contributed by atoms with E-state index in [9.17, 15) is 0 Å². The molecule has 0 aliphatic heterocycles. The first-order chi connectivity index (χ1) is 7.66. The molecule has 1 aromatic rings. The van der Waals surface area contributed by atoms with Gasteiger partial charge in [0.2, 0.25) is 0 Å². The lowest BCUT2D eigenvalue weighted by molar-refractivity contribution is 0.389. The van der Waals surface area contributed by atoms with Crippen molar-refractivity contribution >= 4 is 0 Å². The highest BCUT2D eigenvalue weighted by atomic mass is 14.9. The van der Waals surface area contributed by atoms with Crippen LogP contribution in [0.3, 0.4) is 0 Å². The minimum atomic E-state index is 0.405. The van der Waals surface area contributed by atoms with Gasteiger partial charge in [-0.2, -0.15) is 0 Å². The summed E-state index contributed by atoms with van der Waals surface area (Å²) in [5, 5.41) is 0. The van der Waals surface area contributed by atoms with Crippen LogP contribution in [-0.2, 0) is 0 Å². The molecule has 3 nitrogen and oxygen atoms in total. The second kappa shape index (κ2) is 4.91. The summed E-state index contributed by atoms with van der Waals surface area (Å²) < 4.78 is 0. The summed E-state index contributed by atoms with van der Waals surface area (Å²) in [6.07, 6.45) is 6.51. The largest absolute Gasteiger partial charge is 0.328 e. The van der Waals surface area contributed by atoms with Crippen molar-refractivity contribution in [2.45, 2.75) is 57.4 Å². The predicted molar refractivity (Wildman–Crippen MR) is 65.3 cm³/mol. The third-order valence-corrected chi connectivity index (χ3v) is 3.40. The van der Waals surface area contributed by atoms with E-state index in [1.165, 1.54) is 18.5 Å². The normalized spacial score (nSPS) is 26.0. The third-order valence-electron chi connectivity index (χ3n) is 3.40. The van der Waals surface area contributed by atoms with Crippen molar-refractivity contribution in [3.05, 3.63) is 23.8 Å². The quantitative estimate of drug-likeness (QED) is 0.831. The first kappa shape index (κ1) is 11.5. The fourth-order valence-corrected chi connectivity index (χ4v) is 2.31. The van der Waals surface area contributed by atoms with Crippen LogP contribution in [0.1, 0.15) is 62.9 Å². The van der Waals surface area contributed by atoms with Gasteiger partial charge >= 0.3 is 0 Å². The van der Waals surface area contributed by atoms with Crippen molar-refractivity contribution in [3.63, 3.8) is 0 Å². The summed E-state index contributed by atoms with van der Waals surface area (Å²) in [4.78, 5) is 8.98. The molecule has 1 fully saturated rings. The van der Waals surface area contributed by atoms with Gasteiger partial charge in [-0.15, -0.1) is 0 Å². The first-order valence-corrected chi connectivity index (χ1v) is 6.25. The van der Waals surface area contributed by atoms with Crippen LogP contribution in [0.25, 0.3) is 0 Å². The van der Waals surface area contributed by atoms with Gasteiger partial charge in [0.1, 0.15) is 5.82 Å². The molecule has 0 radical (unpaired) electrons. The molecule has 0 bridgehead atoms. The van der Waals surface area contributed by atoms with Gasteiger partial charge in [0, 0.05) is 29.8 Å². The highest BCUT2D eigenvalue weighted by molar-refractivity contribution is 5.11. The molecule has 0 aromatic carbocycles. The van der Waals surface area contributed by atoms with Crippen molar-refractivity contribution in [1.29, 1.82) is 0 Å². The van der Waals surface area contributed by atoms with Gasteiger partial charge in [-0.3, -0.25) is 0 Å². The number of nitrogens with zero attached hydrogens (tertiary/aromatic N) is 2. The first-order valence-electron chi connectivity index (χ1n) is 6.25. The van der Waals surface area contributed by atoms with Gasteiger partial charge in [-0.25, -0.2) is 9.97 Å². The zero-order chi connectivity index (χ0) is 11.5. The van der Waals surface area contributed by atoms with Crippen molar-refractivity contribution in [3.8, 4) is 0 Å². The zero-order valence-corrected chi connectivity index (χ0v) is 10.2. The molecule has 1 aromatic heterocycles. The van der Waals surface area contributed by atoms with Crippen LogP contribution in [0, 0.1) is 0 Å². The topological polar surface area (TPSA) is 51.8 Å². The van der Waals surface area contributed by atoms with E-state index < -0.39 is 0 Å². The van der Waals surface area contributed by atoms with Crippen molar-refractivity contribution < 1.29 is 0 Å². The molecule has 1 saturated carbocycles. The Bertz CT molecular complexity index is 341. The van der Waals surface area contributed by atoms with E-state index in [1.807, 2.05) is 6.20 Å². The molecule has 0 spiro atoms. The van der Waals surface area contributed by atoms with Gasteiger partial charge in [0.25, 0.3) is 0 Å². The smallest absolute Gasteiger partial charge is 0.131 e. The maximum atomic E-state index is 5.92. The van der Waals surface area contributed by atoms with Crippen LogP contribution in [0.4, 0.5) is 0 Å². The van der Waals surface area contributed by atoms with Gasteiger partial charge in [-0.1, -0.05) is 13.8 Å². The van der Waals surface area contributed by atoms with Crippen molar-refractivity contribution in [1.82, 2.24) is 9.97 Å². The molecule has 2 rings (SSSR count). The van der Waals surface area contributed by atoms with E-state index in [0.29, 0.717) is 17.9 Å². The molecule has 88 valence electrons. The summed E-state index contributed by atoms with van der Waals surface area (Å²) in [5.41, 5.74) is 7.13. The Morgan fingerprint density at radius 2 is 1.94 bits per heavy atom. The van der Waals surface area contributed by atoms with Crippen LogP contribution in [-0.4, -0.2) is 16.0 Å². The minimum Gasteiger partial charge on any atom is -0.328 e. The van der Waals surface area contributed by atoms with E-state index in [1.54, 1.807) is 0 Å². The third kappa shape index (κ3) is 2.59. The van der Waals surface area contributed by atoms with Crippen LogP contribution in [0.2, 0.25) is 0 Å². The standard InChI is InChI=1S/C13H21N3/c1-9(2)13-15-8-7-12(16-13)10-3-5-11(14)6-4-10/h7-11H,3-6,14H2,1-2H3. The molecular formula is C13H21N3. The second-order valence-corrected chi connectivity index (χ2v) is 5.11. The van der Waals surface area contributed by atoms with Crippen molar-refractivity contribution in [2.24, 2.45) is 5.73 Å². The highest BCUT2D eigenvalue weighted by Gasteiger charge is 2.21. The lowest BCUT2D eigenvalue weighted by atomic mass is 9.84. The molecule has 1 aliphatic rings. The summed E-state index contributed by atoms with van der Waals surface area (Å²) in [7, 11) is 0. The van der Waals surface area contributed by atoms with E-state index in [2.05, 4.69) is 29.9 Å². The van der Waals surface area contributed by atoms with Gasteiger partial charge in [-0.05, 0) is 31.7 Å². The fourth-order valence-electron chi connectivity index (χ4n) is 2.31. The highest BCUT2D eigenvalue weighted by Crippen LogP contribution is 2.31. The Kier molecular flexibility index (Phi) is 3.54. The molecule has 0 saturated heterocycles. The summed E-state index contributed by atoms with van der Waals surface area (Å²) >= 11 is 0. The lowest BCUT2D eigenvalue weighted by Crippen LogP contribution is -2.26. The Morgan fingerprint density at radius 3 is 2.56 bits per heavy atom. The van der Waals surface area contributed by atoms with Gasteiger partial charge in [0.05, 0.1) is 0 Å². The van der Waals surface area contributed by atoms with Crippen LogP contribution in [0.5, 0.6) is 0 Å². The molecule has 2 N–H and O–H groups in total. The monoisotopic (exact) mass is 219 g/mol. The summed E-state index contributed by atoms with van der Waals surface area (Å²) in [5.74, 6) is 1.97. The lowest BCUT2D eigenvalue weighted by Gasteiger charge is -2.25. The summed E-state index contributed by atoms with van der Waals surface area (Å²) in [6, 6.07) is 2.47. The van der Waals surface area contributed by atoms with Crippen LogP contribution < -0.4 is 5.73 Å². The average molecular weight is 219 g/mol. The average Bonchev–Trinajstić information content (AvgIpc) is 2.30. The number of aromatic nitrogens is 2. The Hall–Kier alpha value is -0.960. The second-order valence-electron chi connectivity index (χ2n) is 5.11. The molecule has 3 heteroatoms. The van der Waals surface area contributed by atoms with Crippen molar-refractivity contribution in [2.75, 3.05) is 0 Å². The van der Waals surface area contributed by atoms with E-state index >= 15 is 0 Å². The van der Waals surface area contributed by atoms with Crippen LogP contribution >= 0.6 is 0 Å². The van der Waals surface area contributed by atoms with Crippen LogP contribution in [0.15, 0.2) is 12.3 Å². The summed E-state index contributed by atoms with van der Waals surface area (Å²) in [6.45, 7) is 4.27. The Balaban J connectivity index is 2.11. The molecule has 1 heterocycles. The number of hydrogen-bond acceptors (Lipinski definition) is 3. The van der Waals surface area contributed by atoms with Gasteiger partial charge < -0.3 is 5.73 Å². The maximum Gasteiger partial charge on any atom is 0.131 e. The molecule has 0 amide bonds. The van der Waals surface area contributed by atoms with E-state index in [4.69, 9.17) is 5.73 Å². The van der Waals surface area contributed by atoms with E-state index in [-0.39, 0.29) is 0 Å². The number of nitrogens with two attached hydrogens (primary N) is 1. The van der Waals surface area contributed by atoms with Gasteiger partial charge in [0.15, 0.2) is 0 Å². The number of rotatable bonds is 2. The SMILES string of the molecule is CC(C)c1nccc(C2CCC(N)CC2)n1. The molecule has 0 unspecified atom stereocenters. The zero-order valence-electron chi connectivity index (χ0n) is 10.2. The molecule has 16 heavy (non-hydrogen) atoms. The Labute approximate surface area is 97.5 Å². The fraction of sp³-hybridized carbons (Fsp3) is 0.692. The van der Waals surface area contributed by atoms with E-state index in [0.717, 1.165) is 18.7 Å². The predicted octanol–water partition coefficient (Wildman–Crippen LogP) is 2.58. The molecule has 0 atom stereocenters. The molecule has 1 aliphatic carbocycles. The number of hydrogen-bond donors (Lipinski definition) is 1. The minimum absolute atomic E-state index is 0.405. The maximum absolute atomic E-state index is 5.92. The Morgan fingerprint density at radius 1 is 1.25 bits per heavy atom. The molecular weight excluding hydrogens is 198 g/mol.